The van der Waals surface area contributed by atoms with Crippen LogP contribution in [-0.2, 0) is 6.18 Å². The monoisotopic (exact) mass is 442 g/mol. The van der Waals surface area contributed by atoms with Crippen molar-refractivity contribution in [3.8, 4) is 5.69 Å². The number of nitrogens with zero attached hydrogens (tertiary/aromatic N) is 4. The molecule has 10 heteroatoms. The Morgan fingerprint density at radius 3 is 2.56 bits per heavy atom. The minimum absolute atomic E-state index is 0.207. The van der Waals surface area contributed by atoms with Crippen LogP contribution in [-0.4, -0.2) is 45.3 Å². The highest BCUT2D eigenvalue weighted by Crippen LogP contribution is 2.31. The largest absolute Gasteiger partial charge is 0.416 e. The molecule has 0 saturated heterocycles. The van der Waals surface area contributed by atoms with Crippen molar-refractivity contribution in [2.45, 2.75) is 12.2 Å². The molecule has 0 aliphatic heterocycles. The highest BCUT2D eigenvalue weighted by molar-refractivity contribution is 5.76. The van der Waals surface area contributed by atoms with E-state index in [4.69, 9.17) is 0 Å². The van der Waals surface area contributed by atoms with E-state index in [2.05, 4.69) is 20.4 Å². The van der Waals surface area contributed by atoms with Gasteiger partial charge in [0.05, 0.1) is 23.5 Å². The number of hydrogen-bond acceptors (Lipinski definition) is 5. The summed E-state index contributed by atoms with van der Waals surface area (Å²) < 4.78 is 41.0. The predicted molar refractivity (Wildman–Crippen MR) is 116 cm³/mol. The molecule has 32 heavy (non-hydrogen) atoms. The van der Waals surface area contributed by atoms with Gasteiger partial charge in [-0.15, -0.1) is 0 Å². The van der Waals surface area contributed by atoms with Crippen LogP contribution in [0.3, 0.4) is 0 Å². The minimum atomic E-state index is -4.42. The number of aromatic nitrogens is 4. The molecule has 1 unspecified atom stereocenters. The summed E-state index contributed by atoms with van der Waals surface area (Å²) in [5.41, 5.74) is 0.557. The number of halogens is 3. The van der Waals surface area contributed by atoms with Gasteiger partial charge in [0.15, 0.2) is 5.65 Å². The molecular weight excluding hydrogens is 421 g/mol. The fraction of sp³-hybridized carbons (Fsp3) is 0.227. The van der Waals surface area contributed by atoms with Gasteiger partial charge in [0.25, 0.3) is 5.56 Å². The molecule has 2 heterocycles. The van der Waals surface area contributed by atoms with Crippen molar-refractivity contribution in [1.29, 1.82) is 0 Å². The fourth-order valence-electron chi connectivity index (χ4n) is 3.47. The van der Waals surface area contributed by atoms with Crippen LogP contribution in [0.15, 0.2) is 65.6 Å². The number of benzene rings is 2. The van der Waals surface area contributed by atoms with Gasteiger partial charge in [-0.25, -0.2) is 4.68 Å². The molecule has 7 nitrogen and oxygen atoms in total. The lowest BCUT2D eigenvalue weighted by molar-refractivity contribution is -0.137. The summed E-state index contributed by atoms with van der Waals surface area (Å²) in [6, 6.07) is 14.1. The normalized spacial score (nSPS) is 12.9. The van der Waals surface area contributed by atoms with Gasteiger partial charge in [0, 0.05) is 6.54 Å². The van der Waals surface area contributed by atoms with E-state index in [0.29, 0.717) is 16.6 Å². The third-order valence-corrected chi connectivity index (χ3v) is 5.12. The molecule has 4 rings (SSSR count). The number of fused-ring (bicyclic) bond motifs is 1. The zero-order valence-corrected chi connectivity index (χ0v) is 17.4. The molecule has 2 aromatic heterocycles. The average molecular weight is 442 g/mol. The zero-order chi connectivity index (χ0) is 22.9. The van der Waals surface area contributed by atoms with E-state index >= 15 is 0 Å². The lowest BCUT2D eigenvalue weighted by atomic mass is 10.0. The number of H-pyrrole nitrogens is 1. The standard InChI is InChI=1S/C22H21F3N6O/c1-30(2)18(14-7-6-8-15(11-14)22(23,24)25)13-26-21-28-19-17(20(32)29-21)12-27-31(19)16-9-4-3-5-10-16/h3-12,18H,13H2,1-2H3,(H2,26,28,29,32). The molecule has 2 aromatic carbocycles. The lowest BCUT2D eigenvalue weighted by Gasteiger charge is -2.26. The van der Waals surface area contributed by atoms with Gasteiger partial charge < -0.3 is 10.2 Å². The van der Waals surface area contributed by atoms with Gasteiger partial charge in [-0.2, -0.15) is 23.3 Å². The van der Waals surface area contributed by atoms with Gasteiger partial charge in [0.2, 0.25) is 5.95 Å². The van der Waals surface area contributed by atoms with E-state index in [-0.39, 0.29) is 18.1 Å². The van der Waals surface area contributed by atoms with Crippen LogP contribution in [0.5, 0.6) is 0 Å². The van der Waals surface area contributed by atoms with Crippen molar-refractivity contribution < 1.29 is 13.2 Å². The minimum Gasteiger partial charge on any atom is -0.354 e. The van der Waals surface area contributed by atoms with Crippen LogP contribution in [0.2, 0.25) is 0 Å². The van der Waals surface area contributed by atoms with E-state index in [0.717, 1.165) is 17.8 Å². The third-order valence-electron chi connectivity index (χ3n) is 5.12. The molecule has 0 saturated carbocycles. The molecule has 0 amide bonds. The molecule has 166 valence electrons. The second-order valence-electron chi connectivity index (χ2n) is 7.53. The smallest absolute Gasteiger partial charge is 0.354 e. The molecular formula is C22H21F3N6O. The zero-order valence-electron chi connectivity index (χ0n) is 17.4. The van der Waals surface area contributed by atoms with E-state index in [1.165, 1.54) is 12.3 Å². The molecule has 0 radical (unpaired) electrons. The van der Waals surface area contributed by atoms with Crippen LogP contribution in [0.1, 0.15) is 17.2 Å². The third kappa shape index (κ3) is 4.35. The van der Waals surface area contributed by atoms with E-state index < -0.39 is 17.8 Å². The van der Waals surface area contributed by atoms with Crippen LogP contribution in [0, 0.1) is 0 Å². The highest BCUT2D eigenvalue weighted by Gasteiger charge is 2.31. The number of para-hydroxylation sites is 1. The molecule has 0 bridgehead atoms. The summed E-state index contributed by atoms with van der Waals surface area (Å²) in [6.45, 7) is 0.224. The summed E-state index contributed by atoms with van der Waals surface area (Å²) in [5, 5.41) is 7.65. The van der Waals surface area contributed by atoms with E-state index in [1.807, 2.05) is 30.3 Å². The maximum atomic E-state index is 13.1. The number of likely N-dealkylation sites (N-methyl/N-ethyl adjacent to an activating group) is 1. The van der Waals surface area contributed by atoms with Gasteiger partial charge in [-0.3, -0.25) is 9.78 Å². The summed E-state index contributed by atoms with van der Waals surface area (Å²) >= 11 is 0. The van der Waals surface area contributed by atoms with E-state index in [1.54, 1.807) is 29.7 Å². The summed E-state index contributed by atoms with van der Waals surface area (Å²) in [7, 11) is 3.55. The van der Waals surface area contributed by atoms with Gasteiger partial charge in [-0.05, 0) is 43.9 Å². The second-order valence-corrected chi connectivity index (χ2v) is 7.53. The number of nitrogens with one attached hydrogen (secondary N) is 2. The topological polar surface area (TPSA) is 78.8 Å². The fourth-order valence-corrected chi connectivity index (χ4v) is 3.47. The first kappa shape index (κ1) is 21.6. The Morgan fingerprint density at radius 1 is 1.12 bits per heavy atom. The first-order valence-electron chi connectivity index (χ1n) is 9.85. The van der Waals surface area contributed by atoms with Crippen molar-refractivity contribution >= 4 is 17.0 Å². The van der Waals surface area contributed by atoms with Crippen molar-refractivity contribution in [1.82, 2.24) is 24.6 Å². The number of anilines is 1. The summed E-state index contributed by atoms with van der Waals surface area (Å²) in [4.78, 5) is 21.5. The van der Waals surface area contributed by atoms with Crippen molar-refractivity contribution in [2.75, 3.05) is 26.0 Å². The average Bonchev–Trinajstić information content (AvgIpc) is 3.18. The van der Waals surface area contributed by atoms with Crippen LogP contribution < -0.4 is 10.9 Å². The molecule has 0 aliphatic carbocycles. The number of rotatable bonds is 6. The van der Waals surface area contributed by atoms with Crippen LogP contribution in [0.4, 0.5) is 19.1 Å². The van der Waals surface area contributed by atoms with Crippen LogP contribution in [0.25, 0.3) is 16.7 Å². The highest BCUT2D eigenvalue weighted by atomic mass is 19.4. The molecule has 0 fully saturated rings. The van der Waals surface area contributed by atoms with Crippen LogP contribution >= 0.6 is 0 Å². The molecule has 4 aromatic rings. The Labute approximate surface area is 181 Å². The first-order valence-corrected chi connectivity index (χ1v) is 9.85. The second kappa shape index (κ2) is 8.46. The number of alkyl halides is 3. The van der Waals surface area contributed by atoms with Crippen molar-refractivity contribution in [3.63, 3.8) is 0 Å². The van der Waals surface area contributed by atoms with Crippen molar-refractivity contribution in [2.24, 2.45) is 0 Å². The van der Waals surface area contributed by atoms with Gasteiger partial charge >= 0.3 is 6.18 Å². The Balaban J connectivity index is 1.63. The molecule has 0 spiro atoms. The first-order chi connectivity index (χ1) is 15.2. The quantitative estimate of drug-likeness (QED) is 0.474. The number of aromatic amines is 1. The Bertz CT molecular complexity index is 1280. The maximum absolute atomic E-state index is 13.1. The Kier molecular flexibility index (Phi) is 5.70. The molecule has 2 N–H and O–H groups in total. The number of hydrogen-bond donors (Lipinski definition) is 2. The molecule has 0 aliphatic rings. The Morgan fingerprint density at radius 2 is 1.88 bits per heavy atom. The lowest BCUT2D eigenvalue weighted by Crippen LogP contribution is -2.28. The van der Waals surface area contributed by atoms with Gasteiger partial charge in [0.1, 0.15) is 5.39 Å². The summed E-state index contributed by atoms with van der Waals surface area (Å²) in [6.07, 6.45) is -2.98. The van der Waals surface area contributed by atoms with Gasteiger partial charge in [-0.1, -0.05) is 30.3 Å². The molecule has 1 atom stereocenters. The Hall–Kier alpha value is -3.66. The predicted octanol–water partition coefficient (Wildman–Crippen LogP) is 3.84. The maximum Gasteiger partial charge on any atom is 0.416 e. The van der Waals surface area contributed by atoms with Crippen molar-refractivity contribution in [3.05, 3.63) is 82.3 Å². The SMILES string of the molecule is CN(C)C(CNc1nc2c(cnn2-c2ccccc2)c(=O)[nH]1)c1cccc(C(F)(F)F)c1. The summed E-state index contributed by atoms with van der Waals surface area (Å²) in [5.74, 6) is 0.207. The van der Waals surface area contributed by atoms with E-state index in [9.17, 15) is 18.0 Å².